The second kappa shape index (κ2) is 7.09. The fourth-order valence-corrected chi connectivity index (χ4v) is 3.22. The molecule has 6 heteroatoms. The van der Waals surface area contributed by atoms with Crippen molar-refractivity contribution in [2.75, 3.05) is 16.8 Å². The second-order valence-electron chi connectivity index (χ2n) is 7.84. The third-order valence-corrected chi connectivity index (χ3v) is 4.83. The van der Waals surface area contributed by atoms with Gasteiger partial charge in [0.05, 0.1) is 11.4 Å². The zero-order valence-electron chi connectivity index (χ0n) is 16.7. The maximum absolute atomic E-state index is 12.6. The highest BCUT2D eigenvalue weighted by Gasteiger charge is 2.32. The van der Waals surface area contributed by atoms with Gasteiger partial charge in [-0.2, -0.15) is 0 Å². The summed E-state index contributed by atoms with van der Waals surface area (Å²) in [5, 5.41) is 3.02. The van der Waals surface area contributed by atoms with E-state index in [0.29, 0.717) is 18.7 Å². The quantitative estimate of drug-likeness (QED) is 0.840. The molecule has 1 aliphatic heterocycles. The van der Waals surface area contributed by atoms with E-state index in [1.54, 1.807) is 4.90 Å². The number of carbonyl (C=O) groups excluding carboxylic acids is 3. The largest absolute Gasteiger partial charge is 0.461 e. The van der Waals surface area contributed by atoms with Gasteiger partial charge in [-0.15, -0.1) is 0 Å². The van der Waals surface area contributed by atoms with Crippen molar-refractivity contribution in [3.63, 3.8) is 0 Å². The number of nitrogens with zero attached hydrogens (tertiary/aromatic N) is 1. The number of amides is 2. The van der Waals surface area contributed by atoms with Crippen LogP contribution < -0.4 is 10.2 Å². The van der Waals surface area contributed by atoms with Crippen molar-refractivity contribution in [1.82, 2.24) is 0 Å². The number of esters is 1. The fourth-order valence-electron chi connectivity index (χ4n) is 3.22. The molecule has 142 valence electrons. The van der Waals surface area contributed by atoms with Gasteiger partial charge in [-0.25, -0.2) is 0 Å². The Morgan fingerprint density at radius 1 is 1.12 bits per heavy atom. The Kier molecular flexibility index (Phi) is 5.44. The molecule has 2 rings (SSSR count). The van der Waals surface area contributed by atoms with E-state index >= 15 is 0 Å². The lowest BCUT2D eigenvalue weighted by Gasteiger charge is -2.26. The van der Waals surface area contributed by atoms with E-state index in [2.05, 4.69) is 5.32 Å². The summed E-state index contributed by atoms with van der Waals surface area (Å²) in [4.78, 5) is 37.7. The first-order valence-corrected chi connectivity index (χ1v) is 8.83. The van der Waals surface area contributed by atoms with Crippen LogP contribution >= 0.6 is 0 Å². The number of fused-ring (bicyclic) bond motifs is 1. The maximum atomic E-state index is 12.6. The highest BCUT2D eigenvalue weighted by Crippen LogP contribution is 2.43. The Morgan fingerprint density at radius 3 is 2.23 bits per heavy atom. The first-order chi connectivity index (χ1) is 11.9. The van der Waals surface area contributed by atoms with Gasteiger partial charge in [0.25, 0.3) is 0 Å². The molecule has 0 atom stereocenters. The smallest absolute Gasteiger partial charge is 0.302 e. The van der Waals surface area contributed by atoms with Gasteiger partial charge in [-0.1, -0.05) is 20.8 Å². The molecule has 0 spiro atoms. The van der Waals surface area contributed by atoms with Crippen LogP contribution in [0.25, 0.3) is 0 Å². The summed E-state index contributed by atoms with van der Waals surface area (Å²) in [5.41, 5.74) is 4.59. The molecule has 0 aliphatic carbocycles. The van der Waals surface area contributed by atoms with E-state index in [1.807, 2.05) is 34.6 Å². The van der Waals surface area contributed by atoms with Gasteiger partial charge in [0.1, 0.15) is 6.61 Å². The molecule has 1 aliphatic rings. The van der Waals surface area contributed by atoms with E-state index in [4.69, 9.17) is 4.74 Å². The number of anilines is 2. The summed E-state index contributed by atoms with van der Waals surface area (Å²) >= 11 is 0. The fraction of sp³-hybridized carbons (Fsp3) is 0.550. The summed E-state index contributed by atoms with van der Waals surface area (Å²) in [6, 6.07) is 0. The standard InChI is InChI=1S/C20H28N2O4/c1-11-15-8-9-22(13(3)23)18(15)17(21-19(25)20(5,6)7)12(2)16(11)10-26-14(4)24/h8-10H2,1-7H3,(H,21,25). The number of benzene rings is 1. The van der Waals surface area contributed by atoms with Crippen LogP contribution in [0.4, 0.5) is 11.4 Å². The molecule has 6 nitrogen and oxygen atoms in total. The van der Waals surface area contributed by atoms with Crippen molar-refractivity contribution in [3.05, 3.63) is 22.3 Å². The molecular weight excluding hydrogens is 332 g/mol. The molecule has 0 fully saturated rings. The molecule has 2 amide bonds. The maximum Gasteiger partial charge on any atom is 0.302 e. The number of ether oxygens (including phenoxy) is 1. The number of rotatable bonds is 3. The predicted octanol–water partition coefficient (Wildman–Crippen LogP) is 3.26. The summed E-state index contributed by atoms with van der Waals surface area (Å²) < 4.78 is 5.22. The molecular formula is C20H28N2O4. The van der Waals surface area contributed by atoms with Crippen LogP contribution in [0, 0.1) is 19.3 Å². The highest BCUT2D eigenvalue weighted by molar-refractivity contribution is 6.05. The zero-order chi connectivity index (χ0) is 19.8. The zero-order valence-corrected chi connectivity index (χ0v) is 16.7. The van der Waals surface area contributed by atoms with E-state index in [-0.39, 0.29) is 24.4 Å². The molecule has 1 aromatic rings. The molecule has 0 bridgehead atoms. The summed E-state index contributed by atoms with van der Waals surface area (Å²) in [6.07, 6.45) is 0.715. The van der Waals surface area contributed by atoms with Crippen LogP contribution in [0.1, 0.15) is 56.9 Å². The molecule has 0 radical (unpaired) electrons. The van der Waals surface area contributed by atoms with Crippen LogP contribution in [-0.2, 0) is 32.1 Å². The SMILES string of the molecule is CC(=O)OCc1c(C)c2c(c(NC(=O)C(C)(C)C)c1C)N(C(C)=O)CC2. The molecule has 0 aromatic heterocycles. The molecule has 1 aromatic carbocycles. The lowest BCUT2D eigenvalue weighted by Crippen LogP contribution is -2.31. The molecule has 1 heterocycles. The van der Waals surface area contributed by atoms with Crippen molar-refractivity contribution in [1.29, 1.82) is 0 Å². The number of nitrogens with one attached hydrogen (secondary N) is 1. The van der Waals surface area contributed by atoms with Gasteiger partial charge in [0, 0.05) is 25.8 Å². The Morgan fingerprint density at radius 2 is 1.73 bits per heavy atom. The van der Waals surface area contributed by atoms with Crippen LogP contribution in [0.3, 0.4) is 0 Å². The first kappa shape index (κ1) is 19.9. The molecule has 0 saturated carbocycles. The Hall–Kier alpha value is -2.37. The van der Waals surface area contributed by atoms with Crippen molar-refractivity contribution in [2.45, 2.75) is 61.5 Å². The molecule has 0 saturated heterocycles. The van der Waals surface area contributed by atoms with Gasteiger partial charge >= 0.3 is 5.97 Å². The molecule has 26 heavy (non-hydrogen) atoms. The van der Waals surface area contributed by atoms with E-state index < -0.39 is 5.41 Å². The second-order valence-corrected chi connectivity index (χ2v) is 7.84. The van der Waals surface area contributed by atoms with Gasteiger partial charge in [0.15, 0.2) is 0 Å². The van der Waals surface area contributed by atoms with Crippen LogP contribution in [-0.4, -0.2) is 24.3 Å². The van der Waals surface area contributed by atoms with E-state index in [0.717, 1.165) is 27.9 Å². The normalized spacial score (nSPS) is 13.4. The Labute approximate surface area is 154 Å². The number of hydrogen-bond acceptors (Lipinski definition) is 4. The Balaban J connectivity index is 2.64. The molecule has 1 N–H and O–H groups in total. The third kappa shape index (κ3) is 3.74. The predicted molar refractivity (Wildman–Crippen MR) is 101 cm³/mol. The van der Waals surface area contributed by atoms with Gasteiger partial charge in [0.2, 0.25) is 11.8 Å². The topological polar surface area (TPSA) is 75.7 Å². The van der Waals surface area contributed by atoms with Crippen molar-refractivity contribution >= 4 is 29.2 Å². The summed E-state index contributed by atoms with van der Waals surface area (Å²) in [6.45, 7) is 13.0. The van der Waals surface area contributed by atoms with Crippen LogP contribution in [0.2, 0.25) is 0 Å². The van der Waals surface area contributed by atoms with E-state index in [1.165, 1.54) is 13.8 Å². The van der Waals surface area contributed by atoms with Gasteiger partial charge < -0.3 is 15.0 Å². The minimum absolute atomic E-state index is 0.0541. The lowest BCUT2D eigenvalue weighted by molar-refractivity contribution is -0.142. The van der Waals surface area contributed by atoms with Crippen LogP contribution in [0.5, 0.6) is 0 Å². The average Bonchev–Trinajstić information content (AvgIpc) is 2.95. The van der Waals surface area contributed by atoms with Gasteiger partial charge in [-0.3, -0.25) is 14.4 Å². The van der Waals surface area contributed by atoms with Crippen molar-refractivity contribution in [3.8, 4) is 0 Å². The van der Waals surface area contributed by atoms with Gasteiger partial charge in [-0.05, 0) is 42.5 Å². The van der Waals surface area contributed by atoms with Crippen molar-refractivity contribution in [2.24, 2.45) is 5.41 Å². The average molecular weight is 360 g/mol. The highest BCUT2D eigenvalue weighted by atomic mass is 16.5. The summed E-state index contributed by atoms with van der Waals surface area (Å²) in [5.74, 6) is -0.531. The third-order valence-electron chi connectivity index (χ3n) is 4.83. The minimum atomic E-state index is -0.570. The number of carbonyl (C=O) groups is 3. The monoisotopic (exact) mass is 360 g/mol. The Bertz CT molecular complexity index is 775. The first-order valence-electron chi connectivity index (χ1n) is 8.83. The molecule has 0 unspecified atom stereocenters. The number of hydrogen-bond donors (Lipinski definition) is 1. The van der Waals surface area contributed by atoms with E-state index in [9.17, 15) is 14.4 Å². The van der Waals surface area contributed by atoms with Crippen LogP contribution in [0.15, 0.2) is 0 Å². The van der Waals surface area contributed by atoms with Crippen molar-refractivity contribution < 1.29 is 19.1 Å². The minimum Gasteiger partial charge on any atom is -0.461 e. The summed E-state index contributed by atoms with van der Waals surface area (Å²) in [7, 11) is 0. The lowest BCUT2D eigenvalue weighted by atomic mass is 9.92.